The number of likely N-dealkylation sites (N-methyl/N-ethyl adjacent to an activating group) is 1. The Kier molecular flexibility index (Phi) is 7.23. The second-order valence-electron chi connectivity index (χ2n) is 8.82. The van der Waals surface area contributed by atoms with E-state index in [9.17, 15) is 4.79 Å². The maximum absolute atomic E-state index is 13.0. The molecule has 2 aromatic carbocycles. The highest BCUT2D eigenvalue weighted by molar-refractivity contribution is 6.31. The number of fused-ring (bicyclic) bond motifs is 1. The number of carbonyl (C=O) groups excluding carboxylic acids is 1. The van der Waals surface area contributed by atoms with Crippen molar-refractivity contribution in [1.82, 2.24) is 15.1 Å². The van der Waals surface area contributed by atoms with Crippen molar-refractivity contribution in [3.63, 3.8) is 0 Å². The second-order valence-corrected chi connectivity index (χ2v) is 9.26. The van der Waals surface area contributed by atoms with Crippen molar-refractivity contribution >= 4 is 23.2 Å². The molecule has 2 aliphatic rings. The van der Waals surface area contributed by atoms with Gasteiger partial charge in [-0.15, -0.1) is 0 Å². The number of ether oxygens (including phenoxy) is 1. The van der Waals surface area contributed by atoms with Crippen LogP contribution < -0.4 is 15.0 Å². The lowest BCUT2D eigenvalue weighted by Crippen LogP contribution is -2.48. The molecule has 1 N–H and O–H groups in total. The fraction of sp³-hybridized carbons (Fsp3) is 0.480. The molecule has 0 saturated carbocycles. The number of rotatable bonds is 6. The van der Waals surface area contributed by atoms with E-state index in [1.54, 1.807) is 25.3 Å². The zero-order chi connectivity index (χ0) is 22.7. The number of hydrogen-bond donors (Lipinski definition) is 1. The van der Waals surface area contributed by atoms with Gasteiger partial charge in [-0.3, -0.25) is 9.69 Å². The van der Waals surface area contributed by atoms with Gasteiger partial charge in [0.25, 0.3) is 5.91 Å². The number of halogens is 1. The van der Waals surface area contributed by atoms with Gasteiger partial charge in [-0.25, -0.2) is 0 Å². The van der Waals surface area contributed by atoms with E-state index in [1.807, 2.05) is 0 Å². The number of methoxy groups -OCH3 is 1. The first-order chi connectivity index (χ1) is 15.5. The number of nitrogens with one attached hydrogen (secondary N) is 1. The summed E-state index contributed by atoms with van der Waals surface area (Å²) in [5.74, 6) is 0.362. The van der Waals surface area contributed by atoms with Gasteiger partial charge < -0.3 is 19.9 Å². The van der Waals surface area contributed by atoms with Gasteiger partial charge in [0.05, 0.1) is 18.7 Å². The first-order valence-corrected chi connectivity index (χ1v) is 11.7. The summed E-state index contributed by atoms with van der Waals surface area (Å²) in [6.45, 7) is 5.65. The first-order valence-electron chi connectivity index (χ1n) is 11.3. The van der Waals surface area contributed by atoms with Crippen LogP contribution in [0, 0.1) is 0 Å². The lowest BCUT2D eigenvalue weighted by atomic mass is 9.95. The zero-order valence-electron chi connectivity index (χ0n) is 19.2. The van der Waals surface area contributed by atoms with Gasteiger partial charge in [0, 0.05) is 57.0 Å². The number of amides is 1. The van der Waals surface area contributed by atoms with Crippen LogP contribution in [0.5, 0.6) is 5.75 Å². The van der Waals surface area contributed by atoms with Crippen molar-refractivity contribution in [2.45, 2.75) is 18.9 Å². The first kappa shape index (κ1) is 22.9. The summed E-state index contributed by atoms with van der Waals surface area (Å²) in [5, 5.41) is 3.67. The molecular weight excluding hydrogens is 424 g/mol. The highest BCUT2D eigenvalue weighted by Gasteiger charge is 2.26. The number of benzene rings is 2. The molecule has 2 aromatic rings. The summed E-state index contributed by atoms with van der Waals surface area (Å²) in [6.07, 6.45) is 2.28. The summed E-state index contributed by atoms with van der Waals surface area (Å²) >= 11 is 6.14. The van der Waals surface area contributed by atoms with Crippen LogP contribution in [0.4, 0.5) is 5.69 Å². The molecule has 1 atom stereocenters. The Hall–Kier alpha value is -2.28. The molecule has 1 fully saturated rings. The maximum Gasteiger partial charge on any atom is 0.255 e. The van der Waals surface area contributed by atoms with Crippen molar-refractivity contribution in [2.75, 3.05) is 65.4 Å². The van der Waals surface area contributed by atoms with Gasteiger partial charge in [0.15, 0.2) is 0 Å². The van der Waals surface area contributed by atoms with E-state index >= 15 is 0 Å². The van der Waals surface area contributed by atoms with Gasteiger partial charge >= 0.3 is 0 Å². The Morgan fingerprint density at radius 3 is 2.62 bits per heavy atom. The van der Waals surface area contributed by atoms with Crippen LogP contribution in [0.15, 0.2) is 36.4 Å². The normalized spacial score (nSPS) is 18.2. The monoisotopic (exact) mass is 456 g/mol. The summed E-state index contributed by atoms with van der Waals surface area (Å²) in [4.78, 5) is 20.2. The standard InChI is InChI=1S/C25H33ClN4O2/c1-28-11-13-30(14-12-28)23(19-6-8-22-18(15-19)5-4-10-29(22)2)17-27-25(31)21-16-20(26)7-9-24(21)32-3/h6-9,15-16,23H,4-5,10-14,17H2,1-3H3,(H,27,31)/t23-/m1/s1. The van der Waals surface area contributed by atoms with Gasteiger partial charge in [0.1, 0.15) is 5.75 Å². The molecule has 6 nitrogen and oxygen atoms in total. The number of hydrogen-bond acceptors (Lipinski definition) is 5. The fourth-order valence-corrected chi connectivity index (χ4v) is 4.92. The minimum absolute atomic E-state index is 0.121. The maximum atomic E-state index is 13.0. The number of anilines is 1. The number of nitrogens with zero attached hydrogens (tertiary/aromatic N) is 3. The summed E-state index contributed by atoms with van der Waals surface area (Å²) in [5.41, 5.74) is 4.45. The molecule has 0 bridgehead atoms. The average molecular weight is 457 g/mol. The molecule has 0 unspecified atom stereocenters. The van der Waals surface area contributed by atoms with Crippen LogP contribution in [-0.4, -0.2) is 76.2 Å². The third-order valence-corrected chi connectivity index (χ3v) is 6.92. The van der Waals surface area contributed by atoms with Crippen LogP contribution in [0.1, 0.15) is 33.9 Å². The Bertz CT molecular complexity index is 959. The van der Waals surface area contributed by atoms with E-state index in [0.717, 1.165) is 39.1 Å². The number of carbonyl (C=O) groups is 1. The zero-order valence-corrected chi connectivity index (χ0v) is 20.0. The van der Waals surface area contributed by atoms with Gasteiger partial charge in [-0.05, 0) is 55.3 Å². The molecule has 0 radical (unpaired) electrons. The van der Waals surface area contributed by atoms with Crippen LogP contribution in [0.25, 0.3) is 0 Å². The van der Waals surface area contributed by atoms with Crippen molar-refractivity contribution in [2.24, 2.45) is 0 Å². The summed E-state index contributed by atoms with van der Waals surface area (Å²) in [7, 11) is 5.89. The molecule has 0 aliphatic carbocycles. The lowest BCUT2D eigenvalue weighted by Gasteiger charge is -2.39. The smallest absolute Gasteiger partial charge is 0.255 e. The molecule has 2 aliphatic heterocycles. The Morgan fingerprint density at radius 1 is 1.09 bits per heavy atom. The van der Waals surface area contributed by atoms with Crippen molar-refractivity contribution in [3.8, 4) is 5.75 Å². The van der Waals surface area contributed by atoms with Gasteiger partial charge in [-0.2, -0.15) is 0 Å². The molecule has 1 amide bonds. The Balaban J connectivity index is 1.57. The average Bonchev–Trinajstić information content (AvgIpc) is 2.80. The van der Waals surface area contributed by atoms with Crippen LogP contribution in [-0.2, 0) is 6.42 Å². The van der Waals surface area contributed by atoms with Crippen LogP contribution in [0.2, 0.25) is 5.02 Å². The van der Waals surface area contributed by atoms with Crippen LogP contribution >= 0.6 is 11.6 Å². The molecule has 32 heavy (non-hydrogen) atoms. The minimum atomic E-state index is -0.166. The van der Waals surface area contributed by atoms with Gasteiger partial charge in [-0.1, -0.05) is 23.7 Å². The SMILES string of the molecule is COc1ccc(Cl)cc1C(=O)NC[C@H](c1ccc2c(c1)CCCN2C)N1CCN(C)CC1. The highest BCUT2D eigenvalue weighted by atomic mass is 35.5. The highest BCUT2D eigenvalue weighted by Crippen LogP contribution is 2.31. The van der Waals surface area contributed by atoms with E-state index in [1.165, 1.54) is 23.2 Å². The largest absolute Gasteiger partial charge is 0.496 e. The van der Waals surface area contributed by atoms with Crippen molar-refractivity contribution in [1.29, 1.82) is 0 Å². The quantitative estimate of drug-likeness (QED) is 0.721. The van der Waals surface area contributed by atoms with E-state index in [0.29, 0.717) is 22.9 Å². The van der Waals surface area contributed by atoms with Crippen LogP contribution in [0.3, 0.4) is 0 Å². The molecule has 0 aromatic heterocycles. The van der Waals surface area contributed by atoms with E-state index in [2.05, 4.69) is 52.3 Å². The predicted octanol–water partition coefficient (Wildman–Crippen LogP) is 3.45. The Labute approximate surface area is 196 Å². The van der Waals surface area contributed by atoms with Gasteiger partial charge in [0.2, 0.25) is 0 Å². The fourth-order valence-electron chi connectivity index (χ4n) is 4.75. The minimum Gasteiger partial charge on any atom is -0.496 e. The predicted molar refractivity (Wildman–Crippen MR) is 130 cm³/mol. The lowest BCUT2D eigenvalue weighted by molar-refractivity contribution is 0.0883. The van der Waals surface area contributed by atoms with E-state index in [4.69, 9.17) is 16.3 Å². The van der Waals surface area contributed by atoms with E-state index < -0.39 is 0 Å². The molecule has 172 valence electrons. The van der Waals surface area contributed by atoms with E-state index in [-0.39, 0.29) is 11.9 Å². The Morgan fingerprint density at radius 2 is 1.88 bits per heavy atom. The summed E-state index contributed by atoms with van der Waals surface area (Å²) in [6, 6.07) is 12.1. The molecular formula is C25H33ClN4O2. The molecule has 2 heterocycles. The van der Waals surface area contributed by atoms with Crippen molar-refractivity contribution < 1.29 is 9.53 Å². The number of aryl methyl sites for hydroxylation is 1. The third kappa shape index (κ3) is 5.03. The molecule has 7 heteroatoms. The van der Waals surface area contributed by atoms with Crippen molar-refractivity contribution in [3.05, 3.63) is 58.1 Å². The topological polar surface area (TPSA) is 48.1 Å². The summed E-state index contributed by atoms with van der Waals surface area (Å²) < 4.78 is 5.37. The molecule has 4 rings (SSSR count). The molecule has 0 spiro atoms. The third-order valence-electron chi connectivity index (χ3n) is 6.68. The molecule has 1 saturated heterocycles. The second kappa shape index (κ2) is 10.1. The number of piperazine rings is 1.